The fourth-order valence-corrected chi connectivity index (χ4v) is 2.59. The maximum absolute atomic E-state index is 13.9. The highest BCUT2D eigenvalue weighted by atomic mass is 79.9. The van der Waals surface area contributed by atoms with Crippen LogP contribution in [0.2, 0.25) is 0 Å². The lowest BCUT2D eigenvalue weighted by Crippen LogP contribution is -2.19. The van der Waals surface area contributed by atoms with Crippen molar-refractivity contribution in [3.8, 4) is 5.69 Å². The van der Waals surface area contributed by atoms with Crippen molar-refractivity contribution >= 4 is 27.0 Å². The molecule has 0 aliphatic carbocycles. The summed E-state index contributed by atoms with van der Waals surface area (Å²) in [5.74, 6) is -1.41. The highest BCUT2D eigenvalue weighted by Gasteiger charge is 2.14. The van der Waals surface area contributed by atoms with Gasteiger partial charge in [0.05, 0.1) is 10.7 Å². The smallest absolute Gasteiger partial charge is 0.266 e. The molecule has 2 heterocycles. The second-order valence-electron chi connectivity index (χ2n) is 4.29. The molecule has 0 fully saturated rings. The van der Waals surface area contributed by atoms with Crippen molar-refractivity contribution in [1.82, 2.24) is 14.3 Å². The number of halogens is 3. The largest absolute Gasteiger partial charge is 0.295 e. The molecule has 3 rings (SSSR count). The van der Waals surface area contributed by atoms with Crippen molar-refractivity contribution in [2.45, 2.75) is 0 Å². The number of aryl methyl sites for hydroxylation is 1. The van der Waals surface area contributed by atoms with E-state index in [1.165, 1.54) is 21.5 Å². The summed E-state index contributed by atoms with van der Waals surface area (Å²) in [5, 5.41) is 4.74. The molecule has 20 heavy (non-hydrogen) atoms. The third-order valence-corrected chi connectivity index (χ3v) is 3.59. The number of fused-ring (bicyclic) bond motifs is 1. The van der Waals surface area contributed by atoms with E-state index in [9.17, 15) is 13.6 Å². The summed E-state index contributed by atoms with van der Waals surface area (Å²) in [6, 6.07) is 4.81. The summed E-state index contributed by atoms with van der Waals surface area (Å²) in [5.41, 5.74) is 0.254. The molecule has 2 aromatic heterocycles. The van der Waals surface area contributed by atoms with Crippen LogP contribution in [-0.2, 0) is 7.05 Å². The number of nitrogens with zero attached hydrogens (tertiary/aromatic N) is 3. The van der Waals surface area contributed by atoms with Gasteiger partial charge < -0.3 is 0 Å². The van der Waals surface area contributed by atoms with Crippen LogP contribution < -0.4 is 5.56 Å². The van der Waals surface area contributed by atoms with Gasteiger partial charge in [-0.15, -0.1) is 0 Å². The minimum Gasteiger partial charge on any atom is -0.295 e. The predicted molar refractivity (Wildman–Crippen MR) is 73.9 cm³/mol. The number of rotatable bonds is 1. The first kappa shape index (κ1) is 13.0. The maximum Gasteiger partial charge on any atom is 0.266 e. The maximum atomic E-state index is 13.9. The van der Waals surface area contributed by atoms with E-state index in [0.29, 0.717) is 15.5 Å². The van der Waals surface area contributed by atoms with E-state index >= 15 is 0 Å². The Morgan fingerprint density at radius 2 is 2.00 bits per heavy atom. The van der Waals surface area contributed by atoms with E-state index in [2.05, 4.69) is 21.0 Å². The zero-order valence-electron chi connectivity index (χ0n) is 10.3. The molecule has 0 atom stereocenters. The lowest BCUT2D eigenvalue weighted by atomic mass is 10.3. The quantitative estimate of drug-likeness (QED) is 0.683. The molecule has 102 valence electrons. The van der Waals surface area contributed by atoms with Gasteiger partial charge in [-0.2, -0.15) is 5.10 Å². The van der Waals surface area contributed by atoms with Gasteiger partial charge in [-0.1, -0.05) is 0 Å². The van der Waals surface area contributed by atoms with Gasteiger partial charge in [0.2, 0.25) is 0 Å². The molecule has 4 nitrogen and oxygen atoms in total. The average molecular weight is 340 g/mol. The summed E-state index contributed by atoms with van der Waals surface area (Å²) in [7, 11) is 1.56. The molecule has 0 saturated heterocycles. The monoisotopic (exact) mass is 339 g/mol. The van der Waals surface area contributed by atoms with Crippen molar-refractivity contribution in [3.05, 3.63) is 56.9 Å². The van der Waals surface area contributed by atoms with Crippen molar-refractivity contribution in [2.75, 3.05) is 0 Å². The van der Waals surface area contributed by atoms with Crippen LogP contribution in [0.3, 0.4) is 0 Å². The summed E-state index contributed by atoms with van der Waals surface area (Å²) < 4.78 is 29.9. The Labute approximate surface area is 120 Å². The van der Waals surface area contributed by atoms with Crippen LogP contribution in [0.5, 0.6) is 0 Å². The van der Waals surface area contributed by atoms with Gasteiger partial charge >= 0.3 is 0 Å². The molecule has 3 aromatic rings. The second-order valence-corrected chi connectivity index (χ2v) is 5.14. The minimum absolute atomic E-state index is 0.0822. The van der Waals surface area contributed by atoms with E-state index in [-0.39, 0.29) is 11.2 Å². The highest BCUT2D eigenvalue weighted by molar-refractivity contribution is 9.10. The number of hydrogen-bond donors (Lipinski definition) is 0. The summed E-state index contributed by atoms with van der Waals surface area (Å²) in [6.07, 6.45) is 1.52. The van der Waals surface area contributed by atoms with Crippen molar-refractivity contribution < 1.29 is 8.78 Å². The van der Waals surface area contributed by atoms with Gasteiger partial charge in [0, 0.05) is 18.5 Å². The van der Waals surface area contributed by atoms with Gasteiger partial charge in [0.1, 0.15) is 17.2 Å². The van der Waals surface area contributed by atoms with Crippen LogP contribution >= 0.6 is 15.9 Å². The molecule has 0 unspecified atom stereocenters. The molecular weight excluding hydrogens is 332 g/mol. The number of pyridine rings is 1. The number of aromatic nitrogens is 3. The molecule has 0 aliphatic rings. The molecule has 0 spiro atoms. The van der Waals surface area contributed by atoms with Gasteiger partial charge in [-0.05, 0) is 34.1 Å². The fraction of sp³-hybridized carbons (Fsp3) is 0.0769. The first-order chi connectivity index (χ1) is 9.49. The Morgan fingerprint density at radius 1 is 1.25 bits per heavy atom. The molecule has 0 saturated carbocycles. The van der Waals surface area contributed by atoms with Crippen LogP contribution in [0.25, 0.3) is 16.7 Å². The molecule has 0 amide bonds. The van der Waals surface area contributed by atoms with Crippen LogP contribution in [0, 0.1) is 11.6 Å². The normalized spacial score (nSPS) is 11.2. The average Bonchev–Trinajstić information content (AvgIpc) is 2.80. The molecular formula is C13H8BrF2N3O. The Bertz CT molecular complexity index is 885. The zero-order chi connectivity index (χ0) is 14.4. The van der Waals surface area contributed by atoms with E-state index in [1.807, 2.05) is 0 Å². The number of benzene rings is 1. The van der Waals surface area contributed by atoms with E-state index < -0.39 is 11.6 Å². The van der Waals surface area contributed by atoms with Crippen molar-refractivity contribution in [3.63, 3.8) is 0 Å². The SMILES string of the molecule is Cn1c(=O)c(Br)cc2cnn(-c3ccc(F)cc3F)c21. The summed E-state index contributed by atoms with van der Waals surface area (Å²) in [6.45, 7) is 0. The Kier molecular flexibility index (Phi) is 2.93. The zero-order valence-corrected chi connectivity index (χ0v) is 11.9. The van der Waals surface area contributed by atoms with Crippen LogP contribution in [0.15, 0.2) is 39.7 Å². The third-order valence-electron chi connectivity index (χ3n) is 3.02. The lowest BCUT2D eigenvalue weighted by Gasteiger charge is -2.08. The van der Waals surface area contributed by atoms with Gasteiger partial charge in [0.25, 0.3) is 5.56 Å². The topological polar surface area (TPSA) is 39.8 Å². The van der Waals surface area contributed by atoms with E-state index in [4.69, 9.17) is 0 Å². The lowest BCUT2D eigenvalue weighted by molar-refractivity contribution is 0.574. The Balaban J connectivity index is 2.38. The molecule has 1 aromatic carbocycles. The fourth-order valence-electron chi connectivity index (χ4n) is 2.08. The molecule has 0 bridgehead atoms. The first-order valence-electron chi connectivity index (χ1n) is 5.67. The third kappa shape index (κ3) is 1.85. The van der Waals surface area contributed by atoms with Gasteiger partial charge in [0.15, 0.2) is 5.82 Å². The molecule has 0 N–H and O–H groups in total. The predicted octanol–water partition coefficient (Wildman–Crippen LogP) is 2.76. The van der Waals surface area contributed by atoms with Crippen LogP contribution in [-0.4, -0.2) is 14.3 Å². The second kappa shape index (κ2) is 4.52. The van der Waals surface area contributed by atoms with Gasteiger partial charge in [-0.3, -0.25) is 9.36 Å². The van der Waals surface area contributed by atoms with Crippen molar-refractivity contribution in [1.29, 1.82) is 0 Å². The van der Waals surface area contributed by atoms with Crippen molar-refractivity contribution in [2.24, 2.45) is 7.05 Å². The first-order valence-corrected chi connectivity index (χ1v) is 6.47. The Hall–Kier alpha value is -2.02. The van der Waals surface area contributed by atoms with Gasteiger partial charge in [-0.25, -0.2) is 13.5 Å². The molecule has 0 aliphatic heterocycles. The Morgan fingerprint density at radius 3 is 2.70 bits per heavy atom. The molecule has 0 radical (unpaired) electrons. The van der Waals surface area contributed by atoms with Crippen LogP contribution in [0.1, 0.15) is 0 Å². The number of hydrogen-bond acceptors (Lipinski definition) is 2. The minimum atomic E-state index is -0.745. The van der Waals surface area contributed by atoms with E-state index in [0.717, 1.165) is 12.1 Å². The highest BCUT2D eigenvalue weighted by Crippen LogP contribution is 2.21. The standard InChI is InChI=1S/C13H8BrF2N3O/c1-18-12-7(4-9(14)13(18)20)6-17-19(12)11-3-2-8(15)5-10(11)16/h2-6H,1H3. The summed E-state index contributed by atoms with van der Waals surface area (Å²) >= 11 is 3.16. The van der Waals surface area contributed by atoms with E-state index in [1.54, 1.807) is 13.1 Å². The summed E-state index contributed by atoms with van der Waals surface area (Å²) in [4.78, 5) is 11.9. The van der Waals surface area contributed by atoms with Crippen LogP contribution in [0.4, 0.5) is 8.78 Å². The molecule has 7 heteroatoms.